The van der Waals surface area contributed by atoms with Crippen molar-refractivity contribution >= 4 is 0 Å². The normalized spacial score (nSPS) is 10.6. The fourth-order valence-corrected chi connectivity index (χ4v) is 1.69. The molecule has 0 aliphatic heterocycles. The van der Waals surface area contributed by atoms with Gasteiger partial charge in [-0.2, -0.15) is 5.10 Å². The first-order valence-corrected chi connectivity index (χ1v) is 6.20. The van der Waals surface area contributed by atoms with Crippen molar-refractivity contribution < 1.29 is 0 Å². The number of hydrogen-bond donors (Lipinski definition) is 1. The summed E-state index contributed by atoms with van der Waals surface area (Å²) in [6, 6.07) is 2.09. The third-order valence-electron chi connectivity index (χ3n) is 2.64. The number of rotatable bonds is 9. The van der Waals surface area contributed by atoms with Gasteiger partial charge in [0.2, 0.25) is 0 Å². The Labute approximate surface area is 98.5 Å². The maximum absolute atomic E-state index is 4.34. The van der Waals surface area contributed by atoms with Gasteiger partial charge in [0, 0.05) is 19.3 Å². The molecular formula is C13H23N3. The van der Waals surface area contributed by atoms with Crippen LogP contribution in [-0.2, 0) is 13.1 Å². The van der Waals surface area contributed by atoms with E-state index in [1.54, 1.807) is 0 Å². The zero-order valence-electron chi connectivity index (χ0n) is 10.3. The second kappa shape index (κ2) is 8.11. The van der Waals surface area contributed by atoms with Gasteiger partial charge in [-0.05, 0) is 31.9 Å². The number of nitrogens with one attached hydrogen (secondary N) is 1. The summed E-state index contributed by atoms with van der Waals surface area (Å²) in [5.74, 6) is 0. The van der Waals surface area contributed by atoms with Gasteiger partial charge in [-0.15, -0.1) is 6.58 Å². The molecule has 0 spiro atoms. The van der Waals surface area contributed by atoms with Crippen molar-refractivity contribution in [2.45, 2.75) is 45.7 Å². The number of aromatic nitrogens is 2. The summed E-state index contributed by atoms with van der Waals surface area (Å²) in [7, 11) is 0. The third kappa shape index (κ3) is 4.62. The average molecular weight is 221 g/mol. The highest BCUT2D eigenvalue weighted by Gasteiger charge is 2.00. The summed E-state index contributed by atoms with van der Waals surface area (Å²) < 4.78 is 2.11. The molecule has 0 unspecified atom stereocenters. The van der Waals surface area contributed by atoms with Gasteiger partial charge < -0.3 is 5.32 Å². The summed E-state index contributed by atoms with van der Waals surface area (Å²) in [6.07, 6.45) is 8.71. The van der Waals surface area contributed by atoms with E-state index in [9.17, 15) is 0 Å². The second-order valence-electron chi connectivity index (χ2n) is 3.96. The topological polar surface area (TPSA) is 29.9 Å². The Hall–Kier alpha value is -1.09. The minimum Gasteiger partial charge on any atom is -0.311 e. The number of unbranched alkanes of at least 4 members (excludes halogenated alkanes) is 3. The number of nitrogens with zero attached hydrogens (tertiary/aromatic N) is 2. The maximum atomic E-state index is 4.34. The molecule has 0 atom stereocenters. The van der Waals surface area contributed by atoms with Crippen molar-refractivity contribution in [3.05, 3.63) is 30.6 Å². The van der Waals surface area contributed by atoms with Crippen molar-refractivity contribution in [3.8, 4) is 0 Å². The zero-order valence-corrected chi connectivity index (χ0v) is 10.3. The van der Waals surface area contributed by atoms with E-state index in [2.05, 4.69) is 34.7 Å². The minimum absolute atomic E-state index is 0.920. The van der Waals surface area contributed by atoms with Crippen LogP contribution in [0.3, 0.4) is 0 Å². The molecule has 0 saturated heterocycles. The monoisotopic (exact) mass is 221 g/mol. The predicted octanol–water partition coefficient (Wildman–Crippen LogP) is 2.74. The summed E-state index contributed by atoms with van der Waals surface area (Å²) in [5.41, 5.74) is 1.28. The van der Waals surface area contributed by atoms with Gasteiger partial charge in [0.05, 0.1) is 5.69 Å². The Morgan fingerprint density at radius 2 is 2.31 bits per heavy atom. The van der Waals surface area contributed by atoms with Crippen LogP contribution in [0, 0.1) is 0 Å². The second-order valence-corrected chi connectivity index (χ2v) is 3.96. The molecule has 0 fully saturated rings. The highest BCUT2D eigenvalue weighted by atomic mass is 15.3. The fourth-order valence-electron chi connectivity index (χ4n) is 1.69. The Morgan fingerprint density at radius 3 is 3.06 bits per heavy atom. The molecule has 1 heterocycles. The quantitative estimate of drug-likeness (QED) is 0.513. The van der Waals surface area contributed by atoms with Crippen LogP contribution in [0.4, 0.5) is 0 Å². The van der Waals surface area contributed by atoms with Gasteiger partial charge in [-0.25, -0.2) is 0 Å². The van der Waals surface area contributed by atoms with Crippen LogP contribution in [-0.4, -0.2) is 16.3 Å². The Bertz CT molecular complexity index is 291. The van der Waals surface area contributed by atoms with E-state index in [1.807, 2.05) is 12.3 Å². The Kier molecular flexibility index (Phi) is 6.58. The standard InChI is InChI=1S/C13H23N3/c1-3-5-6-7-8-11-16-13(9-10-15-16)12-14-4-2/h3,9-10,14H,1,4-8,11-12H2,2H3. The highest BCUT2D eigenvalue weighted by Crippen LogP contribution is 2.05. The van der Waals surface area contributed by atoms with E-state index < -0.39 is 0 Å². The lowest BCUT2D eigenvalue weighted by Crippen LogP contribution is -2.16. The van der Waals surface area contributed by atoms with Crippen LogP contribution in [0.2, 0.25) is 0 Å². The van der Waals surface area contributed by atoms with Crippen LogP contribution in [0.5, 0.6) is 0 Å². The molecule has 90 valence electrons. The van der Waals surface area contributed by atoms with E-state index in [1.165, 1.54) is 25.0 Å². The average Bonchev–Trinajstić information content (AvgIpc) is 2.74. The van der Waals surface area contributed by atoms with Crippen LogP contribution in [0.15, 0.2) is 24.9 Å². The molecular weight excluding hydrogens is 198 g/mol. The molecule has 0 amide bonds. The largest absolute Gasteiger partial charge is 0.311 e. The number of aryl methyl sites for hydroxylation is 1. The van der Waals surface area contributed by atoms with Crippen molar-refractivity contribution in [3.63, 3.8) is 0 Å². The van der Waals surface area contributed by atoms with Crippen LogP contribution < -0.4 is 5.32 Å². The van der Waals surface area contributed by atoms with Gasteiger partial charge >= 0.3 is 0 Å². The fraction of sp³-hybridized carbons (Fsp3) is 0.615. The first-order chi connectivity index (χ1) is 7.88. The molecule has 1 aromatic rings. The van der Waals surface area contributed by atoms with E-state index in [4.69, 9.17) is 0 Å². The SMILES string of the molecule is C=CCCCCCn1nccc1CNCC. The molecule has 1 rings (SSSR count). The smallest absolute Gasteiger partial charge is 0.0522 e. The summed E-state index contributed by atoms with van der Waals surface area (Å²) in [5, 5.41) is 7.67. The highest BCUT2D eigenvalue weighted by molar-refractivity contribution is 4.99. The van der Waals surface area contributed by atoms with Crippen molar-refractivity contribution in [1.82, 2.24) is 15.1 Å². The van der Waals surface area contributed by atoms with Crippen LogP contribution in [0.1, 0.15) is 38.3 Å². The molecule has 3 nitrogen and oxygen atoms in total. The molecule has 0 bridgehead atoms. The molecule has 0 radical (unpaired) electrons. The van der Waals surface area contributed by atoms with E-state index in [0.29, 0.717) is 0 Å². The van der Waals surface area contributed by atoms with Crippen molar-refractivity contribution in [2.75, 3.05) is 6.54 Å². The summed E-state index contributed by atoms with van der Waals surface area (Å²) in [4.78, 5) is 0. The molecule has 1 N–H and O–H groups in total. The third-order valence-corrected chi connectivity index (χ3v) is 2.64. The lowest BCUT2D eigenvalue weighted by molar-refractivity contribution is 0.517. The lowest BCUT2D eigenvalue weighted by atomic mass is 10.2. The molecule has 1 aromatic heterocycles. The molecule has 3 heteroatoms. The van der Waals surface area contributed by atoms with Gasteiger partial charge in [0.1, 0.15) is 0 Å². The summed E-state index contributed by atoms with van der Waals surface area (Å²) >= 11 is 0. The minimum atomic E-state index is 0.920. The molecule has 16 heavy (non-hydrogen) atoms. The van der Waals surface area contributed by atoms with Crippen LogP contribution in [0.25, 0.3) is 0 Å². The molecule has 0 aliphatic rings. The van der Waals surface area contributed by atoms with Gasteiger partial charge in [0.25, 0.3) is 0 Å². The van der Waals surface area contributed by atoms with Crippen molar-refractivity contribution in [1.29, 1.82) is 0 Å². The Balaban J connectivity index is 2.24. The zero-order chi connectivity index (χ0) is 11.6. The number of hydrogen-bond acceptors (Lipinski definition) is 2. The van der Waals surface area contributed by atoms with Gasteiger partial charge in [-0.1, -0.05) is 19.4 Å². The van der Waals surface area contributed by atoms with Crippen LogP contribution >= 0.6 is 0 Å². The van der Waals surface area contributed by atoms with E-state index in [0.717, 1.165) is 26.1 Å². The van der Waals surface area contributed by atoms with E-state index >= 15 is 0 Å². The van der Waals surface area contributed by atoms with E-state index in [-0.39, 0.29) is 0 Å². The first-order valence-electron chi connectivity index (χ1n) is 6.20. The Morgan fingerprint density at radius 1 is 1.44 bits per heavy atom. The number of allylic oxidation sites excluding steroid dienone is 1. The molecule has 0 aliphatic carbocycles. The predicted molar refractivity (Wildman–Crippen MR) is 68.3 cm³/mol. The molecule has 0 aromatic carbocycles. The summed E-state index contributed by atoms with van der Waals surface area (Å²) in [6.45, 7) is 8.81. The van der Waals surface area contributed by atoms with Gasteiger partial charge in [-0.3, -0.25) is 4.68 Å². The van der Waals surface area contributed by atoms with Crippen molar-refractivity contribution in [2.24, 2.45) is 0 Å². The first kappa shape index (κ1) is 13.0. The lowest BCUT2D eigenvalue weighted by Gasteiger charge is -2.07. The van der Waals surface area contributed by atoms with Gasteiger partial charge in [0.15, 0.2) is 0 Å². The maximum Gasteiger partial charge on any atom is 0.0522 e. The molecule has 0 saturated carbocycles.